The fourth-order valence-corrected chi connectivity index (χ4v) is 2.83. The van der Waals surface area contributed by atoms with E-state index in [1.807, 2.05) is 19.1 Å². The van der Waals surface area contributed by atoms with Crippen molar-refractivity contribution in [2.75, 3.05) is 19.7 Å². The van der Waals surface area contributed by atoms with Crippen LogP contribution < -0.4 is 10.6 Å². The third kappa shape index (κ3) is 4.80. The van der Waals surface area contributed by atoms with E-state index >= 15 is 0 Å². The van der Waals surface area contributed by atoms with E-state index in [1.54, 1.807) is 6.20 Å². The molecule has 1 saturated heterocycles. The summed E-state index contributed by atoms with van der Waals surface area (Å²) >= 11 is 0. The van der Waals surface area contributed by atoms with E-state index in [0.717, 1.165) is 29.4 Å². The van der Waals surface area contributed by atoms with Crippen LogP contribution in [-0.4, -0.2) is 42.7 Å². The molecule has 3 rings (SSSR count). The topological polar surface area (TPSA) is 63.2 Å². The van der Waals surface area contributed by atoms with Crippen LogP contribution >= 0.6 is 24.8 Å². The number of hydrogen-bond acceptors (Lipinski definition) is 4. The molecule has 1 amide bonds. The predicted octanol–water partition coefficient (Wildman–Crippen LogP) is 2.11. The number of para-hydroxylation sites is 1. The van der Waals surface area contributed by atoms with Gasteiger partial charge in [-0.3, -0.25) is 9.78 Å². The van der Waals surface area contributed by atoms with Crippen molar-refractivity contribution >= 4 is 41.6 Å². The number of rotatable bonds is 4. The van der Waals surface area contributed by atoms with Crippen LogP contribution in [0.5, 0.6) is 0 Å². The molecule has 0 bridgehead atoms. The molecule has 1 aliphatic rings. The summed E-state index contributed by atoms with van der Waals surface area (Å²) < 4.78 is 5.50. The molecule has 1 aromatic carbocycles. The first-order valence-electron chi connectivity index (χ1n) is 7.71. The summed E-state index contributed by atoms with van der Waals surface area (Å²) in [5, 5.41) is 7.31. The van der Waals surface area contributed by atoms with Crippen molar-refractivity contribution in [1.82, 2.24) is 15.6 Å². The van der Waals surface area contributed by atoms with Crippen molar-refractivity contribution in [3.63, 3.8) is 0 Å². The summed E-state index contributed by atoms with van der Waals surface area (Å²) in [5.41, 5.74) is 2.16. The van der Waals surface area contributed by atoms with Gasteiger partial charge < -0.3 is 15.4 Å². The molecule has 2 aromatic rings. The summed E-state index contributed by atoms with van der Waals surface area (Å²) in [5.74, 6) is 0.000367. The number of halogens is 2. The van der Waals surface area contributed by atoms with Crippen molar-refractivity contribution in [1.29, 1.82) is 0 Å². The van der Waals surface area contributed by atoms with E-state index in [-0.39, 0.29) is 42.9 Å². The molecule has 0 radical (unpaired) electrons. The minimum Gasteiger partial charge on any atom is -0.375 e. The number of amides is 1. The smallest absolute Gasteiger partial charge is 0.239 e. The van der Waals surface area contributed by atoms with Gasteiger partial charge >= 0.3 is 0 Å². The Morgan fingerprint density at radius 1 is 1.33 bits per heavy atom. The van der Waals surface area contributed by atoms with Crippen molar-refractivity contribution in [3.8, 4) is 0 Å². The number of fused-ring (bicyclic) bond motifs is 1. The highest BCUT2D eigenvalue weighted by molar-refractivity contribution is 5.85. The fourth-order valence-electron chi connectivity index (χ4n) is 2.83. The average molecular weight is 372 g/mol. The van der Waals surface area contributed by atoms with Crippen LogP contribution in [0.2, 0.25) is 0 Å². The Bertz CT molecular complexity index is 664. The Hall–Kier alpha value is -1.40. The Balaban J connectivity index is 0.00000144. The zero-order valence-electron chi connectivity index (χ0n) is 13.5. The molecule has 132 valence electrons. The molecular formula is C17H23Cl2N3O2. The van der Waals surface area contributed by atoms with E-state index in [2.05, 4.69) is 33.8 Å². The summed E-state index contributed by atoms with van der Waals surface area (Å²) in [4.78, 5) is 16.6. The van der Waals surface area contributed by atoms with Crippen molar-refractivity contribution in [3.05, 3.63) is 42.1 Å². The molecule has 0 aliphatic carbocycles. The fraction of sp³-hybridized carbons (Fsp3) is 0.412. The first-order chi connectivity index (χ1) is 10.8. The standard InChI is InChI=1S/C17H21N3O2.2ClH/c1-12-15(19-10-11-22-12)17(21)20-9-7-14-5-2-4-13-6-3-8-18-16(13)14;;/h2-6,8,12,15,19H,7,9-11H2,1H3,(H,20,21);2*1H/t12-,15+;;/m1../s1. The van der Waals surface area contributed by atoms with E-state index in [4.69, 9.17) is 4.74 Å². The van der Waals surface area contributed by atoms with Crippen molar-refractivity contribution < 1.29 is 9.53 Å². The first-order valence-corrected chi connectivity index (χ1v) is 7.71. The van der Waals surface area contributed by atoms with Crippen molar-refractivity contribution in [2.45, 2.75) is 25.5 Å². The number of carbonyl (C=O) groups is 1. The Kier molecular flexibility index (Phi) is 8.42. The van der Waals surface area contributed by atoms with Gasteiger partial charge in [-0.15, -0.1) is 24.8 Å². The van der Waals surface area contributed by atoms with Crippen LogP contribution in [-0.2, 0) is 16.0 Å². The molecule has 0 unspecified atom stereocenters. The lowest BCUT2D eigenvalue weighted by molar-refractivity contribution is -0.128. The van der Waals surface area contributed by atoms with Crippen molar-refractivity contribution in [2.24, 2.45) is 0 Å². The average Bonchev–Trinajstić information content (AvgIpc) is 2.55. The van der Waals surface area contributed by atoms with Crippen LogP contribution in [0.25, 0.3) is 10.9 Å². The van der Waals surface area contributed by atoms with Gasteiger partial charge in [0.2, 0.25) is 5.91 Å². The predicted molar refractivity (Wildman–Crippen MR) is 100 cm³/mol. The lowest BCUT2D eigenvalue weighted by atomic mass is 10.1. The third-order valence-corrected chi connectivity index (χ3v) is 4.01. The highest BCUT2D eigenvalue weighted by Gasteiger charge is 2.27. The van der Waals surface area contributed by atoms with Gasteiger partial charge in [0.05, 0.1) is 18.2 Å². The van der Waals surface area contributed by atoms with E-state index in [0.29, 0.717) is 13.2 Å². The number of aromatic nitrogens is 1. The zero-order chi connectivity index (χ0) is 15.4. The van der Waals surface area contributed by atoms with Gasteiger partial charge in [0.1, 0.15) is 6.04 Å². The molecule has 0 saturated carbocycles. The molecule has 24 heavy (non-hydrogen) atoms. The normalized spacial score (nSPS) is 19.9. The highest BCUT2D eigenvalue weighted by Crippen LogP contribution is 2.16. The molecule has 2 atom stereocenters. The van der Waals surface area contributed by atoms with Crippen LogP contribution in [0.4, 0.5) is 0 Å². The summed E-state index contributed by atoms with van der Waals surface area (Å²) in [6.07, 6.45) is 2.48. The molecule has 1 aromatic heterocycles. The van der Waals surface area contributed by atoms with E-state index in [9.17, 15) is 4.79 Å². The molecule has 5 nitrogen and oxygen atoms in total. The maximum atomic E-state index is 12.2. The van der Waals surface area contributed by atoms with Crippen LogP contribution in [0.15, 0.2) is 36.5 Å². The maximum Gasteiger partial charge on any atom is 0.239 e. The Morgan fingerprint density at radius 3 is 2.92 bits per heavy atom. The van der Waals surface area contributed by atoms with Gasteiger partial charge in [0, 0.05) is 24.7 Å². The maximum absolute atomic E-state index is 12.2. The van der Waals surface area contributed by atoms with E-state index < -0.39 is 0 Å². The number of morpholine rings is 1. The molecule has 0 spiro atoms. The van der Waals surface area contributed by atoms with Gasteiger partial charge in [-0.2, -0.15) is 0 Å². The van der Waals surface area contributed by atoms with Crippen LogP contribution in [0.3, 0.4) is 0 Å². The second-order valence-electron chi connectivity index (χ2n) is 5.54. The number of nitrogens with one attached hydrogen (secondary N) is 2. The number of benzene rings is 1. The zero-order valence-corrected chi connectivity index (χ0v) is 15.2. The minimum absolute atomic E-state index is 0. The lowest BCUT2D eigenvalue weighted by Crippen LogP contribution is -2.55. The second kappa shape index (κ2) is 9.79. The molecule has 1 aliphatic heterocycles. The minimum atomic E-state index is -0.264. The highest BCUT2D eigenvalue weighted by atomic mass is 35.5. The quantitative estimate of drug-likeness (QED) is 0.863. The molecule has 7 heteroatoms. The van der Waals surface area contributed by atoms with Gasteiger partial charge in [-0.25, -0.2) is 0 Å². The SMILES string of the molecule is C[C@H]1OCCN[C@@H]1C(=O)NCCc1cccc2cccnc12.Cl.Cl. The number of carbonyl (C=O) groups excluding carboxylic acids is 1. The van der Waals surface area contributed by atoms with Crippen LogP contribution in [0, 0.1) is 0 Å². The Labute approximate surface area is 154 Å². The monoisotopic (exact) mass is 371 g/mol. The first kappa shape index (κ1) is 20.6. The summed E-state index contributed by atoms with van der Waals surface area (Å²) in [7, 11) is 0. The van der Waals surface area contributed by atoms with Gasteiger partial charge in [0.15, 0.2) is 0 Å². The van der Waals surface area contributed by atoms with Gasteiger partial charge in [-0.1, -0.05) is 24.3 Å². The second-order valence-corrected chi connectivity index (χ2v) is 5.54. The number of ether oxygens (including phenoxy) is 1. The van der Waals surface area contributed by atoms with Gasteiger partial charge in [0.25, 0.3) is 0 Å². The van der Waals surface area contributed by atoms with Crippen LogP contribution in [0.1, 0.15) is 12.5 Å². The number of nitrogens with zero attached hydrogens (tertiary/aromatic N) is 1. The molecule has 2 heterocycles. The lowest BCUT2D eigenvalue weighted by Gasteiger charge is -2.29. The third-order valence-electron chi connectivity index (χ3n) is 4.01. The number of pyridine rings is 1. The molecular weight excluding hydrogens is 349 g/mol. The largest absolute Gasteiger partial charge is 0.375 e. The Morgan fingerprint density at radius 2 is 2.12 bits per heavy atom. The van der Waals surface area contributed by atoms with Gasteiger partial charge in [-0.05, 0) is 25.0 Å². The van der Waals surface area contributed by atoms with E-state index in [1.165, 1.54) is 0 Å². The summed E-state index contributed by atoms with van der Waals surface area (Å²) in [6.45, 7) is 3.90. The number of hydrogen-bond donors (Lipinski definition) is 2. The summed E-state index contributed by atoms with van der Waals surface area (Å²) in [6, 6.07) is 9.86. The molecule has 2 N–H and O–H groups in total. The molecule has 1 fully saturated rings.